The highest BCUT2D eigenvalue weighted by atomic mass is 15.0. The smallest absolute Gasteiger partial charge is 0.0576 e. The summed E-state index contributed by atoms with van der Waals surface area (Å²) in [7, 11) is 0. The Morgan fingerprint density at radius 1 is 1.67 bits per heavy atom. The average Bonchev–Trinajstić information content (AvgIpc) is 2.15. The van der Waals surface area contributed by atoms with Gasteiger partial charge in [0.15, 0.2) is 0 Å². The molecule has 2 N–H and O–H groups in total. The van der Waals surface area contributed by atoms with E-state index in [1.54, 1.807) is 0 Å². The molecule has 2 nitrogen and oxygen atoms in total. The van der Waals surface area contributed by atoms with Gasteiger partial charge in [-0.2, -0.15) is 0 Å². The van der Waals surface area contributed by atoms with Crippen molar-refractivity contribution < 1.29 is 0 Å². The minimum Gasteiger partial charge on any atom is -0.312 e. The molecule has 2 atom stereocenters. The van der Waals surface area contributed by atoms with Gasteiger partial charge in [0.2, 0.25) is 0 Å². The van der Waals surface area contributed by atoms with E-state index in [0.29, 0.717) is 18.6 Å². The van der Waals surface area contributed by atoms with E-state index in [4.69, 9.17) is 6.42 Å². The molecule has 1 fully saturated rings. The van der Waals surface area contributed by atoms with Gasteiger partial charge in [0.05, 0.1) is 6.54 Å². The topological polar surface area (TPSA) is 24.1 Å². The van der Waals surface area contributed by atoms with E-state index in [1.165, 1.54) is 19.3 Å². The van der Waals surface area contributed by atoms with Crippen LogP contribution in [0.5, 0.6) is 0 Å². The Bertz CT molecular complexity index is 154. The van der Waals surface area contributed by atoms with Crippen LogP contribution in [0.2, 0.25) is 0 Å². The third-order valence-corrected chi connectivity index (χ3v) is 2.48. The lowest BCUT2D eigenvalue weighted by Gasteiger charge is -2.29. The van der Waals surface area contributed by atoms with Crippen molar-refractivity contribution in [2.75, 3.05) is 13.1 Å². The Balaban J connectivity index is 2.21. The summed E-state index contributed by atoms with van der Waals surface area (Å²) in [6.45, 7) is 4.03. The summed E-state index contributed by atoms with van der Waals surface area (Å²) in [5.74, 6) is 2.60. The van der Waals surface area contributed by atoms with Crippen LogP contribution in [-0.4, -0.2) is 25.2 Å². The normalized spacial score (nSPS) is 26.2. The van der Waals surface area contributed by atoms with Gasteiger partial charge in [-0.15, -0.1) is 6.42 Å². The second-order valence-corrected chi connectivity index (χ2v) is 3.43. The van der Waals surface area contributed by atoms with E-state index in [9.17, 15) is 0 Å². The number of rotatable bonds is 3. The van der Waals surface area contributed by atoms with Crippen molar-refractivity contribution >= 4 is 0 Å². The van der Waals surface area contributed by atoms with Crippen molar-refractivity contribution in [2.45, 2.75) is 38.3 Å². The maximum atomic E-state index is 5.17. The van der Waals surface area contributed by atoms with Gasteiger partial charge in [-0.05, 0) is 26.3 Å². The highest BCUT2D eigenvalue weighted by Gasteiger charge is 2.17. The fourth-order valence-corrected chi connectivity index (χ4v) is 1.67. The zero-order valence-electron chi connectivity index (χ0n) is 7.77. The predicted octanol–water partition coefficient (Wildman–Crippen LogP) is 0.740. The number of terminal acetylenes is 1. The molecule has 0 aromatic carbocycles. The van der Waals surface area contributed by atoms with E-state index >= 15 is 0 Å². The number of hydrogen-bond acceptors (Lipinski definition) is 2. The highest BCUT2D eigenvalue weighted by molar-refractivity contribution is 4.90. The molecule has 0 aromatic heterocycles. The van der Waals surface area contributed by atoms with Gasteiger partial charge in [-0.25, -0.2) is 0 Å². The molecule has 1 heterocycles. The zero-order valence-corrected chi connectivity index (χ0v) is 7.77. The highest BCUT2D eigenvalue weighted by Crippen LogP contribution is 2.09. The second kappa shape index (κ2) is 5.18. The van der Waals surface area contributed by atoms with Crippen LogP contribution in [0.1, 0.15) is 26.2 Å². The van der Waals surface area contributed by atoms with E-state index in [1.807, 2.05) is 0 Å². The molecular weight excluding hydrogens is 148 g/mol. The van der Waals surface area contributed by atoms with Crippen LogP contribution < -0.4 is 10.6 Å². The largest absolute Gasteiger partial charge is 0.312 e. The first kappa shape index (κ1) is 9.57. The molecule has 0 radical (unpaired) electrons. The maximum Gasteiger partial charge on any atom is 0.0576 e. The quantitative estimate of drug-likeness (QED) is 0.604. The summed E-state index contributed by atoms with van der Waals surface area (Å²) in [6.07, 6.45) is 9.11. The fourth-order valence-electron chi connectivity index (χ4n) is 1.67. The Morgan fingerprint density at radius 2 is 2.50 bits per heavy atom. The van der Waals surface area contributed by atoms with Crippen LogP contribution in [0.15, 0.2) is 0 Å². The molecule has 1 rings (SSSR count). The monoisotopic (exact) mass is 166 g/mol. The summed E-state index contributed by atoms with van der Waals surface area (Å²) in [4.78, 5) is 0. The molecule has 1 saturated heterocycles. The van der Waals surface area contributed by atoms with Crippen LogP contribution in [0.3, 0.4) is 0 Å². The van der Waals surface area contributed by atoms with Gasteiger partial charge in [0.1, 0.15) is 0 Å². The van der Waals surface area contributed by atoms with Gasteiger partial charge in [0, 0.05) is 12.1 Å². The van der Waals surface area contributed by atoms with Gasteiger partial charge in [-0.3, -0.25) is 0 Å². The Hall–Kier alpha value is -0.520. The van der Waals surface area contributed by atoms with Crippen molar-refractivity contribution in [3.8, 4) is 12.3 Å². The van der Waals surface area contributed by atoms with Crippen molar-refractivity contribution in [3.63, 3.8) is 0 Å². The first-order valence-corrected chi connectivity index (χ1v) is 4.75. The SMILES string of the molecule is C#CCNC(C)C1CCCCN1. The first-order chi connectivity index (χ1) is 5.84. The average molecular weight is 166 g/mol. The number of nitrogens with one attached hydrogen (secondary N) is 2. The minimum atomic E-state index is 0.501. The van der Waals surface area contributed by atoms with E-state index in [-0.39, 0.29) is 0 Å². The molecule has 0 saturated carbocycles. The molecule has 1 aliphatic heterocycles. The summed E-state index contributed by atoms with van der Waals surface area (Å²) in [6, 6.07) is 1.12. The third-order valence-electron chi connectivity index (χ3n) is 2.48. The molecule has 0 spiro atoms. The van der Waals surface area contributed by atoms with Crippen molar-refractivity contribution in [1.29, 1.82) is 0 Å². The van der Waals surface area contributed by atoms with Crippen LogP contribution in [0.4, 0.5) is 0 Å². The third kappa shape index (κ3) is 2.84. The number of piperidine rings is 1. The molecule has 1 aliphatic rings. The van der Waals surface area contributed by atoms with Crippen LogP contribution in [0, 0.1) is 12.3 Å². The Kier molecular flexibility index (Phi) is 4.13. The molecule has 2 heteroatoms. The molecule has 0 aliphatic carbocycles. The molecule has 0 amide bonds. The molecule has 2 unspecified atom stereocenters. The predicted molar refractivity (Wildman–Crippen MR) is 51.9 cm³/mol. The zero-order chi connectivity index (χ0) is 8.81. The summed E-state index contributed by atoms with van der Waals surface area (Å²) < 4.78 is 0. The van der Waals surface area contributed by atoms with E-state index in [0.717, 1.165) is 6.54 Å². The standard InChI is InChI=1S/C10H18N2/c1-3-7-11-9(2)10-6-4-5-8-12-10/h1,9-12H,4-8H2,2H3. The van der Waals surface area contributed by atoms with Crippen molar-refractivity contribution in [1.82, 2.24) is 10.6 Å². The van der Waals surface area contributed by atoms with Gasteiger partial charge < -0.3 is 10.6 Å². The van der Waals surface area contributed by atoms with Crippen LogP contribution in [0.25, 0.3) is 0 Å². The van der Waals surface area contributed by atoms with Crippen LogP contribution >= 0.6 is 0 Å². The summed E-state index contributed by atoms with van der Waals surface area (Å²) in [5.41, 5.74) is 0. The molecular formula is C10H18N2. The van der Waals surface area contributed by atoms with Crippen molar-refractivity contribution in [3.05, 3.63) is 0 Å². The summed E-state index contributed by atoms with van der Waals surface area (Å²) in [5, 5.41) is 6.80. The molecule has 0 aromatic rings. The fraction of sp³-hybridized carbons (Fsp3) is 0.800. The maximum absolute atomic E-state index is 5.17. The minimum absolute atomic E-state index is 0.501. The van der Waals surface area contributed by atoms with Crippen LogP contribution in [-0.2, 0) is 0 Å². The lowest BCUT2D eigenvalue weighted by atomic mass is 9.99. The Labute approximate surface area is 75.1 Å². The van der Waals surface area contributed by atoms with E-state index < -0.39 is 0 Å². The summed E-state index contributed by atoms with van der Waals surface area (Å²) >= 11 is 0. The molecule has 68 valence electrons. The van der Waals surface area contributed by atoms with Gasteiger partial charge >= 0.3 is 0 Å². The van der Waals surface area contributed by atoms with E-state index in [2.05, 4.69) is 23.5 Å². The van der Waals surface area contributed by atoms with Crippen molar-refractivity contribution in [2.24, 2.45) is 0 Å². The first-order valence-electron chi connectivity index (χ1n) is 4.75. The number of hydrogen-bond donors (Lipinski definition) is 2. The molecule has 0 bridgehead atoms. The lowest BCUT2D eigenvalue weighted by Crippen LogP contribution is -2.48. The Morgan fingerprint density at radius 3 is 3.08 bits per heavy atom. The van der Waals surface area contributed by atoms with Gasteiger partial charge in [0.25, 0.3) is 0 Å². The lowest BCUT2D eigenvalue weighted by molar-refractivity contribution is 0.331. The molecule has 12 heavy (non-hydrogen) atoms. The second-order valence-electron chi connectivity index (χ2n) is 3.43. The van der Waals surface area contributed by atoms with Gasteiger partial charge in [-0.1, -0.05) is 12.3 Å².